The van der Waals surface area contributed by atoms with Crippen LogP contribution in [-0.4, -0.2) is 18.2 Å². The number of anilines is 1. The number of rotatable bonds is 4. The fourth-order valence-corrected chi connectivity index (χ4v) is 4.17. The molecule has 1 fully saturated rings. The van der Waals surface area contributed by atoms with Crippen LogP contribution in [-0.2, 0) is 10.0 Å². The lowest BCUT2D eigenvalue weighted by atomic mass is 10.2. The van der Waals surface area contributed by atoms with E-state index >= 15 is 0 Å². The number of benzene rings is 1. The van der Waals surface area contributed by atoms with Gasteiger partial charge in [0.05, 0.1) is 17.4 Å². The predicted octanol–water partition coefficient (Wildman–Crippen LogP) is 3.55. The summed E-state index contributed by atoms with van der Waals surface area (Å²) in [4.78, 5) is 0.144. The van der Waals surface area contributed by atoms with Crippen molar-refractivity contribution in [2.45, 2.75) is 50.5 Å². The predicted molar refractivity (Wildman–Crippen MR) is 86.4 cm³/mol. The van der Waals surface area contributed by atoms with Gasteiger partial charge in [-0.1, -0.05) is 18.9 Å². The molecule has 1 aromatic heterocycles. The number of halogens is 1. The second-order valence-electron chi connectivity index (χ2n) is 6.07. The second kappa shape index (κ2) is 5.96. The van der Waals surface area contributed by atoms with Gasteiger partial charge in [0.15, 0.2) is 0 Å². The molecule has 7 heteroatoms. The molecule has 1 heterocycles. The smallest absolute Gasteiger partial charge is 0.265 e. The highest BCUT2D eigenvalue weighted by Crippen LogP contribution is 2.30. The number of aromatic nitrogens is 2. The summed E-state index contributed by atoms with van der Waals surface area (Å²) in [5.74, 6) is -0.441. The third-order valence-electron chi connectivity index (χ3n) is 4.28. The van der Waals surface area contributed by atoms with E-state index in [1.807, 2.05) is 0 Å². The van der Waals surface area contributed by atoms with Crippen LogP contribution in [0.1, 0.15) is 43.0 Å². The van der Waals surface area contributed by atoms with E-state index in [4.69, 9.17) is 0 Å². The number of nitrogens with zero attached hydrogens (tertiary/aromatic N) is 2. The van der Waals surface area contributed by atoms with Gasteiger partial charge in [0.1, 0.15) is 10.7 Å². The van der Waals surface area contributed by atoms with Gasteiger partial charge in [-0.25, -0.2) is 12.8 Å². The monoisotopic (exact) mass is 337 g/mol. The Morgan fingerprint density at radius 3 is 2.61 bits per heavy atom. The Morgan fingerprint density at radius 1 is 1.26 bits per heavy atom. The summed E-state index contributed by atoms with van der Waals surface area (Å²) in [5.41, 5.74) is 1.14. The molecule has 0 saturated heterocycles. The Labute approximate surface area is 135 Å². The van der Waals surface area contributed by atoms with E-state index in [0.29, 0.717) is 11.3 Å². The molecule has 1 saturated carbocycles. The van der Waals surface area contributed by atoms with Crippen LogP contribution in [0, 0.1) is 19.7 Å². The fraction of sp³-hybridized carbons (Fsp3) is 0.438. The third-order valence-corrected chi connectivity index (χ3v) is 5.77. The van der Waals surface area contributed by atoms with Gasteiger partial charge in [0, 0.05) is 6.20 Å². The lowest BCUT2D eigenvalue weighted by Crippen LogP contribution is -2.13. The van der Waals surface area contributed by atoms with Gasteiger partial charge in [-0.3, -0.25) is 9.40 Å². The standard InChI is InChI=1S/C16H20FN3O2S/c1-11-7-8-13(9-15(11)17)19-23(21,22)16-10-20(18-12(16)2)14-5-3-4-6-14/h7-10,14,19H,3-6H2,1-2H3. The highest BCUT2D eigenvalue weighted by atomic mass is 32.2. The molecule has 23 heavy (non-hydrogen) atoms. The fourth-order valence-electron chi connectivity index (χ4n) is 2.95. The molecular formula is C16H20FN3O2S. The number of sulfonamides is 1. The van der Waals surface area contributed by atoms with Gasteiger partial charge in [-0.15, -0.1) is 0 Å². The van der Waals surface area contributed by atoms with Gasteiger partial charge in [0.25, 0.3) is 10.0 Å². The van der Waals surface area contributed by atoms with E-state index in [1.54, 1.807) is 36.9 Å². The first-order valence-corrected chi connectivity index (χ1v) is 9.20. The maximum absolute atomic E-state index is 13.6. The Morgan fingerprint density at radius 2 is 1.96 bits per heavy atom. The van der Waals surface area contributed by atoms with Crippen molar-refractivity contribution in [3.05, 3.63) is 41.5 Å². The maximum atomic E-state index is 13.6. The Balaban J connectivity index is 1.88. The van der Waals surface area contributed by atoms with Gasteiger partial charge >= 0.3 is 0 Å². The minimum atomic E-state index is -3.78. The molecule has 0 atom stereocenters. The summed E-state index contributed by atoms with van der Waals surface area (Å²) < 4.78 is 42.9. The van der Waals surface area contributed by atoms with Crippen molar-refractivity contribution in [3.8, 4) is 0 Å². The van der Waals surface area contributed by atoms with E-state index in [-0.39, 0.29) is 16.6 Å². The van der Waals surface area contributed by atoms with Crippen LogP contribution >= 0.6 is 0 Å². The molecule has 3 rings (SSSR count). The summed E-state index contributed by atoms with van der Waals surface area (Å²) in [5, 5.41) is 4.36. The average molecular weight is 337 g/mol. The molecule has 0 bridgehead atoms. The zero-order chi connectivity index (χ0) is 16.6. The normalized spacial score (nSPS) is 16.0. The molecule has 1 aromatic carbocycles. The molecule has 1 N–H and O–H groups in total. The molecule has 0 aliphatic heterocycles. The lowest BCUT2D eigenvalue weighted by Gasteiger charge is -2.09. The summed E-state index contributed by atoms with van der Waals surface area (Å²) in [6, 6.07) is 4.55. The SMILES string of the molecule is Cc1ccc(NS(=O)(=O)c2cn(C3CCCC3)nc2C)cc1F. The van der Waals surface area contributed by atoms with E-state index in [9.17, 15) is 12.8 Å². The Hall–Kier alpha value is -1.89. The Bertz CT molecular complexity index is 824. The van der Waals surface area contributed by atoms with Crippen LogP contribution in [0.3, 0.4) is 0 Å². The van der Waals surface area contributed by atoms with Gasteiger partial charge < -0.3 is 0 Å². The molecule has 1 aliphatic rings. The molecule has 0 radical (unpaired) electrons. The van der Waals surface area contributed by atoms with Gasteiger partial charge in [-0.2, -0.15) is 5.10 Å². The Kier molecular flexibility index (Phi) is 4.14. The van der Waals surface area contributed by atoms with Crippen molar-refractivity contribution >= 4 is 15.7 Å². The van der Waals surface area contributed by atoms with Crippen LogP contribution in [0.2, 0.25) is 0 Å². The molecule has 0 spiro atoms. The van der Waals surface area contributed by atoms with Crippen LogP contribution in [0.15, 0.2) is 29.3 Å². The number of hydrogen-bond donors (Lipinski definition) is 1. The van der Waals surface area contributed by atoms with Gasteiger partial charge in [-0.05, 0) is 44.4 Å². The maximum Gasteiger partial charge on any atom is 0.265 e. The molecular weight excluding hydrogens is 317 g/mol. The second-order valence-corrected chi connectivity index (χ2v) is 7.72. The van der Waals surface area contributed by atoms with Crippen molar-refractivity contribution in [2.24, 2.45) is 0 Å². The molecule has 5 nitrogen and oxygen atoms in total. The van der Waals surface area contributed by atoms with Crippen molar-refractivity contribution in [2.75, 3.05) is 4.72 Å². The first kappa shape index (κ1) is 16.0. The minimum Gasteiger partial charge on any atom is -0.279 e. The topological polar surface area (TPSA) is 64.0 Å². The number of aryl methyl sites for hydroxylation is 2. The number of hydrogen-bond acceptors (Lipinski definition) is 3. The summed E-state index contributed by atoms with van der Waals surface area (Å²) in [7, 11) is -3.78. The molecule has 0 unspecified atom stereocenters. The quantitative estimate of drug-likeness (QED) is 0.928. The largest absolute Gasteiger partial charge is 0.279 e. The molecule has 2 aromatic rings. The van der Waals surface area contributed by atoms with E-state index in [1.165, 1.54) is 6.07 Å². The summed E-state index contributed by atoms with van der Waals surface area (Å²) in [6.07, 6.45) is 5.92. The molecule has 1 aliphatic carbocycles. The van der Waals surface area contributed by atoms with Crippen molar-refractivity contribution < 1.29 is 12.8 Å². The molecule has 124 valence electrons. The zero-order valence-corrected chi connectivity index (χ0v) is 14.0. The van der Waals surface area contributed by atoms with E-state index in [0.717, 1.165) is 25.7 Å². The number of nitrogens with one attached hydrogen (secondary N) is 1. The van der Waals surface area contributed by atoms with Crippen molar-refractivity contribution in [1.82, 2.24) is 9.78 Å². The highest BCUT2D eigenvalue weighted by Gasteiger charge is 2.24. The molecule has 0 amide bonds. The summed E-state index contributed by atoms with van der Waals surface area (Å²) >= 11 is 0. The minimum absolute atomic E-state index is 0.144. The van der Waals surface area contributed by atoms with Crippen LogP contribution in [0.4, 0.5) is 10.1 Å². The van der Waals surface area contributed by atoms with Crippen LogP contribution < -0.4 is 4.72 Å². The van der Waals surface area contributed by atoms with Crippen LogP contribution in [0.25, 0.3) is 0 Å². The van der Waals surface area contributed by atoms with Gasteiger partial charge in [0.2, 0.25) is 0 Å². The summed E-state index contributed by atoms with van der Waals surface area (Å²) in [6.45, 7) is 3.30. The zero-order valence-electron chi connectivity index (χ0n) is 13.2. The lowest BCUT2D eigenvalue weighted by molar-refractivity contribution is 0.464. The van der Waals surface area contributed by atoms with Crippen molar-refractivity contribution in [1.29, 1.82) is 0 Å². The third kappa shape index (κ3) is 3.24. The average Bonchev–Trinajstić information content (AvgIpc) is 3.11. The van der Waals surface area contributed by atoms with E-state index < -0.39 is 15.8 Å². The van der Waals surface area contributed by atoms with E-state index in [2.05, 4.69) is 9.82 Å². The highest BCUT2D eigenvalue weighted by molar-refractivity contribution is 7.92. The first-order valence-electron chi connectivity index (χ1n) is 7.71. The van der Waals surface area contributed by atoms with Crippen molar-refractivity contribution in [3.63, 3.8) is 0 Å². The first-order chi connectivity index (χ1) is 10.9. The van der Waals surface area contributed by atoms with Crippen LogP contribution in [0.5, 0.6) is 0 Å².